The van der Waals surface area contributed by atoms with E-state index in [-0.39, 0.29) is 12.0 Å². The van der Waals surface area contributed by atoms with Crippen molar-refractivity contribution >= 4 is 21.9 Å². The molecule has 0 saturated heterocycles. The molecule has 0 radical (unpaired) electrons. The molecule has 0 fully saturated rings. The van der Waals surface area contributed by atoms with Crippen molar-refractivity contribution in [3.05, 3.63) is 0 Å². The van der Waals surface area contributed by atoms with E-state index in [9.17, 15) is 4.79 Å². The molecule has 4 heteroatoms. The summed E-state index contributed by atoms with van der Waals surface area (Å²) in [5.74, 6) is -0.207. The monoisotopic (exact) mass is 210 g/mol. The van der Waals surface area contributed by atoms with Gasteiger partial charge in [0.1, 0.15) is 0 Å². The van der Waals surface area contributed by atoms with Crippen LogP contribution in [-0.4, -0.2) is 23.9 Å². The average molecular weight is 211 g/mol. The van der Waals surface area contributed by atoms with Gasteiger partial charge in [-0.15, -0.1) is 0 Å². The highest BCUT2D eigenvalue weighted by Gasteiger charge is 2.16. The summed E-state index contributed by atoms with van der Waals surface area (Å²) in [6, 6.07) is -0.223. The Morgan fingerprint density at radius 2 is 2.40 bits per heavy atom. The molecule has 0 aliphatic rings. The first-order chi connectivity index (χ1) is 4.72. The third-order valence-electron chi connectivity index (χ3n) is 1.08. The van der Waals surface area contributed by atoms with Crippen LogP contribution in [0, 0.1) is 0 Å². The molecular weight excluding hydrogens is 198 g/mol. The zero-order valence-corrected chi connectivity index (χ0v) is 7.69. The molecular formula is C6H13BrNO2+. The lowest BCUT2D eigenvalue weighted by molar-refractivity contribution is -0.408. The number of quaternary nitrogens is 1. The van der Waals surface area contributed by atoms with Crippen LogP contribution in [-0.2, 0) is 9.53 Å². The Labute approximate surface area is 69.0 Å². The lowest BCUT2D eigenvalue weighted by Gasteiger charge is -2.04. The summed E-state index contributed by atoms with van der Waals surface area (Å²) in [5, 5.41) is 0.792. The molecule has 10 heavy (non-hydrogen) atoms. The van der Waals surface area contributed by atoms with Gasteiger partial charge in [0.15, 0.2) is 6.04 Å². The molecule has 0 aliphatic heterocycles. The third-order valence-corrected chi connectivity index (χ3v) is 1.54. The van der Waals surface area contributed by atoms with Crippen LogP contribution in [0.5, 0.6) is 0 Å². The summed E-state index contributed by atoms with van der Waals surface area (Å²) >= 11 is 3.22. The molecule has 0 amide bonds. The molecule has 3 N–H and O–H groups in total. The van der Waals surface area contributed by atoms with Gasteiger partial charge in [0.05, 0.1) is 6.61 Å². The molecule has 1 atom stereocenters. The number of carbonyl (C=O) groups is 1. The summed E-state index contributed by atoms with van der Waals surface area (Å²) in [7, 11) is 0. The normalized spacial score (nSPS) is 12.7. The molecule has 0 unspecified atom stereocenters. The summed E-state index contributed by atoms with van der Waals surface area (Å²) in [6.07, 6.45) is 0.735. The maximum absolute atomic E-state index is 10.8. The number of alkyl halides is 1. The van der Waals surface area contributed by atoms with Crippen LogP contribution in [0.2, 0.25) is 0 Å². The lowest BCUT2D eigenvalue weighted by atomic mass is 10.2. The first-order valence-corrected chi connectivity index (χ1v) is 4.40. The summed E-state index contributed by atoms with van der Waals surface area (Å²) < 4.78 is 4.73. The van der Waals surface area contributed by atoms with Crippen molar-refractivity contribution < 1.29 is 15.3 Å². The number of hydrogen-bond donors (Lipinski definition) is 1. The predicted octanol–water partition coefficient (Wildman–Crippen LogP) is -0.0550. The number of halogens is 1. The Balaban J connectivity index is 3.49. The van der Waals surface area contributed by atoms with Gasteiger partial charge >= 0.3 is 5.97 Å². The quantitative estimate of drug-likeness (QED) is 0.523. The van der Waals surface area contributed by atoms with Gasteiger partial charge in [-0.25, -0.2) is 4.79 Å². The first-order valence-electron chi connectivity index (χ1n) is 3.28. The second-order valence-corrected chi connectivity index (χ2v) is 2.72. The van der Waals surface area contributed by atoms with Gasteiger partial charge in [0.25, 0.3) is 0 Å². The van der Waals surface area contributed by atoms with E-state index in [1.54, 1.807) is 6.92 Å². The van der Waals surface area contributed by atoms with Crippen LogP contribution in [0.1, 0.15) is 13.3 Å². The number of esters is 1. The second kappa shape index (κ2) is 5.68. The second-order valence-electron chi connectivity index (χ2n) is 1.93. The van der Waals surface area contributed by atoms with E-state index in [4.69, 9.17) is 4.74 Å². The molecule has 0 saturated carbocycles. The number of rotatable bonds is 4. The van der Waals surface area contributed by atoms with Crippen molar-refractivity contribution in [2.75, 3.05) is 11.9 Å². The Kier molecular flexibility index (Phi) is 5.63. The van der Waals surface area contributed by atoms with E-state index < -0.39 is 0 Å². The lowest BCUT2D eigenvalue weighted by Crippen LogP contribution is -2.65. The molecule has 0 aromatic rings. The van der Waals surface area contributed by atoms with Crippen molar-refractivity contribution in [3.63, 3.8) is 0 Å². The summed E-state index contributed by atoms with van der Waals surface area (Å²) in [5.41, 5.74) is 3.64. The van der Waals surface area contributed by atoms with Crippen molar-refractivity contribution in [2.45, 2.75) is 19.4 Å². The van der Waals surface area contributed by atoms with E-state index in [0.717, 1.165) is 11.8 Å². The van der Waals surface area contributed by atoms with Crippen molar-refractivity contribution in [3.8, 4) is 0 Å². The van der Waals surface area contributed by atoms with Crippen LogP contribution < -0.4 is 5.73 Å². The number of hydrogen-bond acceptors (Lipinski definition) is 2. The Hall–Kier alpha value is -0.0900. The molecule has 3 nitrogen and oxygen atoms in total. The topological polar surface area (TPSA) is 53.9 Å². The predicted molar refractivity (Wildman–Crippen MR) is 41.7 cm³/mol. The zero-order valence-electron chi connectivity index (χ0n) is 6.10. The summed E-state index contributed by atoms with van der Waals surface area (Å²) in [4.78, 5) is 10.8. The Bertz CT molecular complexity index is 108. The smallest absolute Gasteiger partial charge is 0.364 e. The fraction of sp³-hybridized carbons (Fsp3) is 0.833. The largest absolute Gasteiger partial charge is 0.462 e. The van der Waals surface area contributed by atoms with E-state index in [2.05, 4.69) is 21.7 Å². The SMILES string of the molecule is CCOC(=O)[C@@H]([NH3+])CCBr. The Morgan fingerprint density at radius 1 is 1.80 bits per heavy atom. The first kappa shape index (κ1) is 9.91. The van der Waals surface area contributed by atoms with Gasteiger partial charge in [0, 0.05) is 11.8 Å². The van der Waals surface area contributed by atoms with Crippen molar-refractivity contribution in [2.24, 2.45) is 0 Å². The number of ether oxygens (including phenoxy) is 1. The maximum atomic E-state index is 10.8. The Morgan fingerprint density at radius 3 is 2.80 bits per heavy atom. The molecule has 0 rings (SSSR count). The van der Waals surface area contributed by atoms with Gasteiger partial charge in [-0.1, -0.05) is 15.9 Å². The zero-order chi connectivity index (χ0) is 7.98. The maximum Gasteiger partial charge on any atom is 0.364 e. The molecule has 0 aliphatic carbocycles. The standard InChI is InChI=1S/C6H12BrNO2/c1-2-10-6(9)5(8)3-4-7/h5H,2-4,8H2,1H3/p+1/t5-/m0/s1. The molecule has 60 valence electrons. The van der Waals surface area contributed by atoms with Crippen LogP contribution in [0.4, 0.5) is 0 Å². The van der Waals surface area contributed by atoms with Crippen molar-refractivity contribution in [1.29, 1.82) is 0 Å². The van der Waals surface area contributed by atoms with E-state index in [1.807, 2.05) is 0 Å². The minimum atomic E-state index is -0.223. The van der Waals surface area contributed by atoms with Crippen molar-refractivity contribution in [1.82, 2.24) is 0 Å². The van der Waals surface area contributed by atoms with E-state index in [1.165, 1.54) is 0 Å². The molecule has 0 aromatic heterocycles. The van der Waals surface area contributed by atoms with Crippen LogP contribution in [0.3, 0.4) is 0 Å². The minimum Gasteiger partial charge on any atom is -0.462 e. The highest BCUT2D eigenvalue weighted by Crippen LogP contribution is 1.93. The minimum absolute atomic E-state index is 0.207. The highest BCUT2D eigenvalue weighted by atomic mass is 79.9. The van der Waals surface area contributed by atoms with Crippen LogP contribution in [0.15, 0.2) is 0 Å². The van der Waals surface area contributed by atoms with Gasteiger partial charge in [-0.2, -0.15) is 0 Å². The van der Waals surface area contributed by atoms with Gasteiger partial charge in [-0.3, -0.25) is 0 Å². The summed E-state index contributed by atoms with van der Waals surface area (Å²) in [6.45, 7) is 2.23. The fourth-order valence-electron chi connectivity index (χ4n) is 0.510. The van der Waals surface area contributed by atoms with Gasteiger partial charge in [-0.05, 0) is 6.92 Å². The van der Waals surface area contributed by atoms with Crippen LogP contribution in [0.25, 0.3) is 0 Å². The van der Waals surface area contributed by atoms with Gasteiger partial charge < -0.3 is 10.5 Å². The average Bonchev–Trinajstić information content (AvgIpc) is 1.89. The molecule has 0 aromatic carbocycles. The molecule has 0 bridgehead atoms. The molecule has 0 heterocycles. The van der Waals surface area contributed by atoms with Gasteiger partial charge in [0.2, 0.25) is 0 Å². The van der Waals surface area contributed by atoms with Crippen LogP contribution >= 0.6 is 15.9 Å². The highest BCUT2D eigenvalue weighted by molar-refractivity contribution is 9.09. The number of carbonyl (C=O) groups excluding carboxylic acids is 1. The van der Waals surface area contributed by atoms with E-state index in [0.29, 0.717) is 6.61 Å². The fourth-order valence-corrected chi connectivity index (χ4v) is 1.06. The van der Waals surface area contributed by atoms with E-state index >= 15 is 0 Å². The molecule has 0 spiro atoms. The third kappa shape index (κ3) is 3.85.